The van der Waals surface area contributed by atoms with Crippen LogP contribution in [0.1, 0.15) is 108 Å². The molecule has 2 aliphatic carbocycles. The molecule has 2 saturated carbocycles. The zero-order valence-electron chi connectivity index (χ0n) is 34.8. The maximum atomic E-state index is 13.0. The maximum Gasteiger partial charge on any atom is 0.314 e. The van der Waals surface area contributed by atoms with E-state index in [9.17, 15) is 4.79 Å². The summed E-state index contributed by atoms with van der Waals surface area (Å²) in [6.07, 6.45) is 27.1. The minimum Gasteiger partial charge on any atom is -0.426 e. The normalized spacial score (nSPS) is 20.0. The second kappa shape index (κ2) is 19.7. The average molecular weight is 766 g/mol. The third kappa shape index (κ3) is 11.5. The molecule has 0 amide bonds. The van der Waals surface area contributed by atoms with E-state index in [4.69, 9.17) is 4.74 Å². The predicted molar refractivity (Wildman–Crippen MR) is 249 cm³/mol. The van der Waals surface area contributed by atoms with Crippen molar-refractivity contribution in [3.8, 4) is 5.75 Å². The van der Waals surface area contributed by atoms with Crippen molar-refractivity contribution in [1.29, 1.82) is 0 Å². The molecule has 5 aromatic rings. The summed E-state index contributed by atoms with van der Waals surface area (Å²) < 4.78 is 5.82. The molecule has 5 aromatic carbocycles. The summed E-state index contributed by atoms with van der Waals surface area (Å²) in [5.74, 6) is 3.19. The Hall–Kier alpha value is -5.67. The summed E-state index contributed by atoms with van der Waals surface area (Å²) >= 11 is 0. The Morgan fingerprint density at radius 2 is 0.879 bits per heavy atom. The van der Waals surface area contributed by atoms with Crippen LogP contribution in [0.4, 0.5) is 5.69 Å². The molecule has 0 saturated heterocycles. The number of hydrogen-bond acceptors (Lipinski definition) is 3. The van der Waals surface area contributed by atoms with Crippen LogP contribution in [0.25, 0.3) is 48.6 Å². The topological polar surface area (TPSA) is 29.5 Å². The molecule has 0 aromatic heterocycles. The first-order chi connectivity index (χ1) is 28.2. The number of hydrogen-bond donors (Lipinski definition) is 0. The van der Waals surface area contributed by atoms with E-state index in [1.807, 2.05) is 24.3 Å². The second-order valence-electron chi connectivity index (χ2n) is 16.9. The van der Waals surface area contributed by atoms with Crippen molar-refractivity contribution in [2.45, 2.75) is 65.2 Å². The number of carbonyl (C=O) groups is 1. The molecule has 3 heteroatoms. The Morgan fingerprint density at radius 1 is 0.500 bits per heavy atom. The fourth-order valence-electron chi connectivity index (χ4n) is 8.50. The van der Waals surface area contributed by atoms with Crippen LogP contribution in [-0.4, -0.2) is 20.1 Å². The van der Waals surface area contributed by atoms with Crippen LogP contribution in [0.15, 0.2) is 115 Å². The molecule has 0 radical (unpaired) electrons. The van der Waals surface area contributed by atoms with E-state index in [0.29, 0.717) is 5.75 Å². The van der Waals surface area contributed by atoms with Crippen molar-refractivity contribution >= 4 is 60.3 Å². The highest BCUT2D eigenvalue weighted by molar-refractivity contribution is 5.78. The molecular formula is C55H59NO2. The summed E-state index contributed by atoms with van der Waals surface area (Å²) in [4.78, 5) is 15.1. The Kier molecular flexibility index (Phi) is 13.7. The molecule has 0 bridgehead atoms. The Morgan fingerprint density at radius 3 is 1.33 bits per heavy atom. The highest BCUT2D eigenvalue weighted by Gasteiger charge is 2.33. The van der Waals surface area contributed by atoms with Gasteiger partial charge in [0.2, 0.25) is 0 Å². The average Bonchev–Trinajstić information content (AvgIpc) is 3.25. The molecule has 3 nitrogen and oxygen atoms in total. The van der Waals surface area contributed by atoms with Gasteiger partial charge >= 0.3 is 5.97 Å². The number of ether oxygens (including phenoxy) is 1. The lowest BCUT2D eigenvalue weighted by Gasteiger charge is -2.36. The molecule has 296 valence electrons. The number of carbonyl (C=O) groups excluding carboxylic acids is 1. The van der Waals surface area contributed by atoms with Crippen LogP contribution in [-0.2, 0) is 4.79 Å². The van der Waals surface area contributed by atoms with E-state index in [1.54, 1.807) is 0 Å². The number of esters is 1. The molecular weight excluding hydrogens is 707 g/mol. The number of nitrogens with zero attached hydrogens (tertiary/aromatic N) is 1. The second-order valence-corrected chi connectivity index (χ2v) is 16.9. The highest BCUT2D eigenvalue weighted by atomic mass is 16.5. The van der Waals surface area contributed by atoms with Gasteiger partial charge in [0.25, 0.3) is 0 Å². The van der Waals surface area contributed by atoms with Crippen LogP contribution in [0.5, 0.6) is 5.75 Å². The Balaban J connectivity index is 0.846. The van der Waals surface area contributed by atoms with Gasteiger partial charge in [-0.15, -0.1) is 0 Å². The summed E-state index contributed by atoms with van der Waals surface area (Å²) in [5, 5.41) is 0. The van der Waals surface area contributed by atoms with Crippen LogP contribution >= 0.6 is 0 Å². The molecule has 0 unspecified atom stereocenters. The van der Waals surface area contributed by atoms with Crippen LogP contribution in [0, 0.1) is 30.6 Å². The van der Waals surface area contributed by atoms with Crippen molar-refractivity contribution in [1.82, 2.24) is 0 Å². The monoisotopic (exact) mass is 765 g/mol. The molecule has 0 N–H and O–H groups in total. The quantitative estimate of drug-likeness (QED) is 0.0720. The van der Waals surface area contributed by atoms with Crippen molar-refractivity contribution in [3.05, 3.63) is 165 Å². The zero-order chi connectivity index (χ0) is 40.3. The molecule has 58 heavy (non-hydrogen) atoms. The van der Waals surface area contributed by atoms with Crippen molar-refractivity contribution < 1.29 is 9.53 Å². The minimum atomic E-state index is -0.0575. The molecule has 2 fully saturated rings. The summed E-state index contributed by atoms with van der Waals surface area (Å²) in [6.45, 7) is 4.56. The highest BCUT2D eigenvalue weighted by Crippen LogP contribution is 2.41. The lowest BCUT2D eigenvalue weighted by Crippen LogP contribution is -2.29. The SMILES string of the molecule is Cc1cc(C=Cc2ccc(N(C)C)cc2)ccc1C=Cc1ccc(C=Cc2ccc(C=Cc3ccc(OC(=O)C4CCC(C5CCC(C)CC5)CC4)cc3)cc2)cc1. The lowest BCUT2D eigenvalue weighted by atomic mass is 9.69. The minimum absolute atomic E-state index is 0.0380. The van der Waals surface area contributed by atoms with Gasteiger partial charge in [0.1, 0.15) is 5.75 Å². The fourth-order valence-corrected chi connectivity index (χ4v) is 8.50. The van der Waals surface area contributed by atoms with E-state index >= 15 is 0 Å². The van der Waals surface area contributed by atoms with E-state index in [1.165, 1.54) is 72.0 Å². The first kappa shape index (κ1) is 40.5. The van der Waals surface area contributed by atoms with E-state index in [-0.39, 0.29) is 11.9 Å². The van der Waals surface area contributed by atoms with Gasteiger partial charge in [-0.05, 0) is 138 Å². The van der Waals surface area contributed by atoms with Gasteiger partial charge in [0.05, 0.1) is 5.92 Å². The van der Waals surface area contributed by atoms with E-state index in [2.05, 4.69) is 172 Å². The lowest BCUT2D eigenvalue weighted by molar-refractivity contribution is -0.140. The standard InChI is InChI=1S/C55H59NO2/c1-40-5-27-50(28-6-40)51-31-33-52(34-32-51)55(57)58-54-37-25-47(26-38-54)18-15-43-10-7-42(8-11-43)9-12-44-13-16-45(17-14-44)21-29-49-30-22-48(39-41(49)2)20-19-46-23-35-53(36-24-46)56(3)4/h7-26,29-30,35-40,50-52H,5-6,27-28,31-34H2,1-4H3. The number of anilines is 1. The van der Waals surface area contributed by atoms with E-state index in [0.717, 1.165) is 52.8 Å². The van der Waals surface area contributed by atoms with Gasteiger partial charge < -0.3 is 9.64 Å². The Bertz CT molecular complexity index is 2200. The maximum absolute atomic E-state index is 13.0. The third-order valence-electron chi connectivity index (χ3n) is 12.4. The first-order valence-electron chi connectivity index (χ1n) is 21.4. The molecule has 7 rings (SSSR count). The van der Waals surface area contributed by atoms with Gasteiger partial charge in [-0.25, -0.2) is 0 Å². The summed E-state index contributed by atoms with van der Waals surface area (Å²) in [7, 11) is 4.12. The number of benzene rings is 5. The van der Waals surface area contributed by atoms with Gasteiger partial charge in [-0.2, -0.15) is 0 Å². The van der Waals surface area contributed by atoms with Gasteiger partial charge in [-0.1, -0.05) is 159 Å². The zero-order valence-corrected chi connectivity index (χ0v) is 34.8. The smallest absolute Gasteiger partial charge is 0.314 e. The number of rotatable bonds is 12. The van der Waals surface area contributed by atoms with Crippen molar-refractivity contribution in [3.63, 3.8) is 0 Å². The van der Waals surface area contributed by atoms with Crippen molar-refractivity contribution in [2.75, 3.05) is 19.0 Å². The van der Waals surface area contributed by atoms with Crippen LogP contribution < -0.4 is 9.64 Å². The third-order valence-corrected chi connectivity index (χ3v) is 12.4. The van der Waals surface area contributed by atoms with Crippen LogP contribution in [0.3, 0.4) is 0 Å². The fraction of sp³-hybridized carbons (Fsp3) is 0.291. The molecule has 0 atom stereocenters. The molecule has 2 aliphatic rings. The molecule has 0 aliphatic heterocycles. The van der Waals surface area contributed by atoms with Gasteiger partial charge in [-0.3, -0.25) is 4.79 Å². The largest absolute Gasteiger partial charge is 0.426 e. The summed E-state index contributed by atoms with van der Waals surface area (Å²) in [6, 6.07) is 40.3. The Labute approximate surface area is 347 Å². The summed E-state index contributed by atoms with van der Waals surface area (Å²) in [5.41, 5.74) is 11.8. The van der Waals surface area contributed by atoms with Gasteiger partial charge in [0.15, 0.2) is 0 Å². The first-order valence-corrected chi connectivity index (χ1v) is 21.4. The van der Waals surface area contributed by atoms with E-state index < -0.39 is 0 Å². The van der Waals surface area contributed by atoms with Crippen LogP contribution in [0.2, 0.25) is 0 Å². The van der Waals surface area contributed by atoms with Gasteiger partial charge in [0, 0.05) is 19.8 Å². The molecule has 0 heterocycles. The van der Waals surface area contributed by atoms with Crippen molar-refractivity contribution in [2.24, 2.45) is 23.7 Å². The number of aryl methyl sites for hydroxylation is 1. The molecule has 0 spiro atoms. The predicted octanol–water partition coefficient (Wildman–Crippen LogP) is 14.3.